The third-order valence-electron chi connectivity index (χ3n) is 4.28. The van der Waals surface area contributed by atoms with Gasteiger partial charge in [-0.1, -0.05) is 0 Å². The molecule has 0 radical (unpaired) electrons. The van der Waals surface area contributed by atoms with Gasteiger partial charge in [-0.2, -0.15) is 0 Å². The molecule has 0 aliphatic carbocycles. The maximum absolute atomic E-state index is 13.7. The number of sulfonamides is 1. The highest BCUT2D eigenvalue weighted by molar-refractivity contribution is 7.88. The lowest BCUT2D eigenvalue weighted by Gasteiger charge is -2.23. The Bertz CT molecular complexity index is 773. The summed E-state index contributed by atoms with van der Waals surface area (Å²) in [6, 6.07) is 0.426. The topological polar surface area (TPSA) is 83.7 Å². The number of amides is 1. The zero-order chi connectivity index (χ0) is 19.5. The number of nitrogens with two attached hydrogens (primary N) is 1. The van der Waals surface area contributed by atoms with Crippen LogP contribution in [0.4, 0.5) is 13.2 Å². The highest BCUT2D eigenvalue weighted by Gasteiger charge is 2.25. The van der Waals surface area contributed by atoms with Crippen molar-refractivity contribution in [1.29, 1.82) is 0 Å². The van der Waals surface area contributed by atoms with E-state index in [1.807, 2.05) is 0 Å². The van der Waals surface area contributed by atoms with Crippen LogP contribution in [0.15, 0.2) is 12.1 Å². The molecule has 26 heavy (non-hydrogen) atoms. The lowest BCUT2D eigenvalue weighted by Crippen LogP contribution is -2.39. The van der Waals surface area contributed by atoms with Gasteiger partial charge in [0, 0.05) is 44.7 Å². The molecule has 1 aliphatic rings. The molecule has 1 heterocycles. The number of carbonyl (C=O) groups excluding carboxylic acids is 1. The molecule has 0 bridgehead atoms. The largest absolute Gasteiger partial charge is 0.341 e. The van der Waals surface area contributed by atoms with E-state index in [0.717, 1.165) is 12.3 Å². The van der Waals surface area contributed by atoms with Gasteiger partial charge in [0.05, 0.1) is 6.26 Å². The van der Waals surface area contributed by atoms with Crippen LogP contribution in [0.5, 0.6) is 0 Å². The molecule has 1 amide bonds. The van der Waals surface area contributed by atoms with E-state index in [9.17, 15) is 26.4 Å². The average Bonchev–Trinajstić information content (AvgIpc) is 2.78. The van der Waals surface area contributed by atoms with E-state index >= 15 is 0 Å². The standard InChI is InChI=1S/C16H22F3N3O3S/c1-26(24,25)22-4-2-3-21(5-6-22)16(23)9-12(20)7-11-8-14(18)15(19)10-13(11)17/h8,10,12H,2-7,9,20H2,1H3/t12-/m1/s1. The fraction of sp³-hybridized carbons (Fsp3) is 0.562. The number of rotatable bonds is 5. The minimum Gasteiger partial charge on any atom is -0.341 e. The number of hydrogen-bond donors (Lipinski definition) is 1. The van der Waals surface area contributed by atoms with E-state index in [1.165, 1.54) is 9.21 Å². The molecule has 6 nitrogen and oxygen atoms in total. The van der Waals surface area contributed by atoms with Crippen molar-refractivity contribution in [1.82, 2.24) is 9.21 Å². The molecule has 1 aromatic carbocycles. The first-order valence-electron chi connectivity index (χ1n) is 8.20. The van der Waals surface area contributed by atoms with Gasteiger partial charge in [-0.25, -0.2) is 25.9 Å². The Morgan fingerprint density at radius 3 is 2.42 bits per heavy atom. The third-order valence-corrected chi connectivity index (χ3v) is 5.59. The number of carbonyl (C=O) groups is 1. The van der Waals surface area contributed by atoms with Crippen molar-refractivity contribution in [2.24, 2.45) is 5.73 Å². The summed E-state index contributed by atoms with van der Waals surface area (Å²) in [5.74, 6) is -3.65. The highest BCUT2D eigenvalue weighted by Crippen LogP contribution is 2.16. The average molecular weight is 393 g/mol. The molecular weight excluding hydrogens is 371 g/mol. The second kappa shape index (κ2) is 8.36. The molecule has 146 valence electrons. The molecule has 1 fully saturated rings. The van der Waals surface area contributed by atoms with E-state index in [4.69, 9.17) is 5.73 Å². The Kier molecular flexibility index (Phi) is 6.64. The van der Waals surface area contributed by atoms with Crippen molar-refractivity contribution in [3.63, 3.8) is 0 Å². The Hall–Kier alpha value is -1.65. The molecule has 1 aliphatic heterocycles. The van der Waals surface area contributed by atoms with Crippen molar-refractivity contribution in [2.45, 2.75) is 25.3 Å². The van der Waals surface area contributed by atoms with E-state index in [1.54, 1.807) is 0 Å². The van der Waals surface area contributed by atoms with Gasteiger partial charge >= 0.3 is 0 Å². The van der Waals surface area contributed by atoms with Gasteiger partial charge < -0.3 is 10.6 Å². The number of nitrogens with zero attached hydrogens (tertiary/aromatic N) is 2. The fourth-order valence-electron chi connectivity index (χ4n) is 2.90. The number of hydrogen-bond acceptors (Lipinski definition) is 4. The maximum atomic E-state index is 13.7. The third kappa shape index (κ3) is 5.42. The Morgan fingerprint density at radius 2 is 1.77 bits per heavy atom. The summed E-state index contributed by atoms with van der Waals surface area (Å²) in [5, 5.41) is 0. The lowest BCUT2D eigenvalue weighted by molar-refractivity contribution is -0.131. The van der Waals surface area contributed by atoms with Gasteiger partial charge in [-0.05, 0) is 24.5 Å². The Balaban J connectivity index is 1.94. The van der Waals surface area contributed by atoms with Gasteiger partial charge in [-0.3, -0.25) is 4.79 Å². The zero-order valence-electron chi connectivity index (χ0n) is 14.4. The van der Waals surface area contributed by atoms with Crippen LogP contribution in [-0.2, 0) is 21.2 Å². The fourth-order valence-corrected chi connectivity index (χ4v) is 3.78. The van der Waals surface area contributed by atoms with Gasteiger partial charge in [-0.15, -0.1) is 0 Å². The van der Waals surface area contributed by atoms with Crippen LogP contribution in [0.25, 0.3) is 0 Å². The summed E-state index contributed by atoms with van der Waals surface area (Å²) >= 11 is 0. The van der Waals surface area contributed by atoms with Crippen molar-refractivity contribution in [3.05, 3.63) is 35.1 Å². The minimum atomic E-state index is -3.31. The molecule has 1 saturated heterocycles. The smallest absolute Gasteiger partial charge is 0.224 e. The lowest BCUT2D eigenvalue weighted by atomic mass is 10.0. The van der Waals surface area contributed by atoms with Crippen LogP contribution >= 0.6 is 0 Å². The van der Waals surface area contributed by atoms with E-state index in [-0.39, 0.29) is 37.4 Å². The van der Waals surface area contributed by atoms with Gasteiger partial charge in [0.15, 0.2) is 11.6 Å². The molecule has 1 atom stereocenters. The summed E-state index contributed by atoms with van der Waals surface area (Å²) < 4.78 is 64.3. The van der Waals surface area contributed by atoms with Crippen LogP contribution in [0, 0.1) is 17.5 Å². The van der Waals surface area contributed by atoms with E-state index in [0.29, 0.717) is 25.6 Å². The predicted octanol–water partition coefficient (Wildman–Crippen LogP) is 0.858. The molecule has 0 spiro atoms. The monoisotopic (exact) mass is 393 g/mol. The highest BCUT2D eigenvalue weighted by atomic mass is 32.2. The van der Waals surface area contributed by atoms with Gasteiger partial charge in [0.25, 0.3) is 0 Å². The molecule has 0 aromatic heterocycles. The van der Waals surface area contributed by atoms with Crippen LogP contribution in [0.2, 0.25) is 0 Å². The predicted molar refractivity (Wildman–Crippen MR) is 90.2 cm³/mol. The van der Waals surface area contributed by atoms with E-state index < -0.39 is 33.5 Å². The molecule has 2 N–H and O–H groups in total. The van der Waals surface area contributed by atoms with Crippen molar-refractivity contribution < 1.29 is 26.4 Å². The summed E-state index contributed by atoms with van der Waals surface area (Å²) in [5.41, 5.74) is 5.78. The summed E-state index contributed by atoms with van der Waals surface area (Å²) in [6.45, 7) is 1.20. The molecule has 10 heteroatoms. The summed E-state index contributed by atoms with van der Waals surface area (Å²) in [6.07, 6.45) is 1.41. The van der Waals surface area contributed by atoms with Crippen molar-refractivity contribution >= 4 is 15.9 Å². The Labute approximate surface area is 150 Å². The first kappa shape index (κ1) is 20.7. The molecule has 0 unspecified atom stereocenters. The first-order chi connectivity index (χ1) is 12.1. The van der Waals surface area contributed by atoms with Crippen molar-refractivity contribution in [3.8, 4) is 0 Å². The maximum Gasteiger partial charge on any atom is 0.224 e. The SMILES string of the molecule is CS(=O)(=O)N1CCCN(C(=O)C[C@H](N)Cc2cc(F)c(F)cc2F)CC1. The Morgan fingerprint density at radius 1 is 1.12 bits per heavy atom. The number of halogens is 3. The van der Waals surface area contributed by atoms with Crippen LogP contribution in [-0.4, -0.2) is 62.0 Å². The van der Waals surface area contributed by atoms with Crippen LogP contribution in [0.3, 0.4) is 0 Å². The first-order valence-corrected chi connectivity index (χ1v) is 10.0. The molecule has 0 saturated carbocycles. The summed E-state index contributed by atoms with van der Waals surface area (Å²) in [7, 11) is -3.31. The zero-order valence-corrected chi connectivity index (χ0v) is 15.2. The van der Waals surface area contributed by atoms with Crippen molar-refractivity contribution in [2.75, 3.05) is 32.4 Å². The quantitative estimate of drug-likeness (QED) is 0.752. The number of benzene rings is 1. The minimum absolute atomic E-state index is 0.0942. The van der Waals surface area contributed by atoms with Crippen LogP contribution in [0.1, 0.15) is 18.4 Å². The van der Waals surface area contributed by atoms with Gasteiger partial charge in [0.2, 0.25) is 15.9 Å². The van der Waals surface area contributed by atoms with Crippen LogP contribution < -0.4 is 5.73 Å². The molecule has 1 aromatic rings. The second-order valence-electron chi connectivity index (χ2n) is 6.42. The van der Waals surface area contributed by atoms with E-state index in [2.05, 4.69) is 0 Å². The molecular formula is C16H22F3N3O3S. The summed E-state index contributed by atoms with van der Waals surface area (Å²) in [4.78, 5) is 13.9. The molecule has 2 rings (SSSR count). The second-order valence-corrected chi connectivity index (χ2v) is 8.40. The normalized spacial score (nSPS) is 17.8. The van der Waals surface area contributed by atoms with Gasteiger partial charge in [0.1, 0.15) is 5.82 Å².